The second kappa shape index (κ2) is 12.6. The van der Waals surface area contributed by atoms with Gasteiger partial charge in [0.15, 0.2) is 5.13 Å². The monoisotopic (exact) mass is 652 g/mol. The van der Waals surface area contributed by atoms with Gasteiger partial charge in [0.1, 0.15) is 33.9 Å². The van der Waals surface area contributed by atoms with E-state index in [1.54, 1.807) is 17.0 Å². The number of nitriles is 1. The van der Waals surface area contributed by atoms with Gasteiger partial charge in [-0.1, -0.05) is 18.3 Å². The van der Waals surface area contributed by atoms with Crippen molar-refractivity contribution in [3.05, 3.63) is 71.4 Å². The van der Waals surface area contributed by atoms with Crippen LogP contribution < -0.4 is 9.80 Å². The number of aryl methyl sites for hydroxylation is 1. The number of aliphatic hydroxyl groups is 1. The standard InChI is InChI=1S/C33H33FN10O2S/c1-3-26-30(40(2)32-39-29(27(16-35)47-32)21-4-7-24(34)8-5-21)44-19-22(6-9-28(44)38-26)23-17-36-31(37-18-23)41-12-14-42(15-13-41)33(46)43-11-10-25(45)20-43/h4-9,17-19,25,45H,3,10-15,20H2,1-2H3/t25-/m1/s1. The minimum Gasteiger partial charge on any atom is -0.391 e. The average molecular weight is 653 g/mol. The second-order valence-corrected chi connectivity index (χ2v) is 12.6. The summed E-state index contributed by atoms with van der Waals surface area (Å²) in [5.74, 6) is 1.10. The van der Waals surface area contributed by atoms with Crippen LogP contribution in [0.25, 0.3) is 28.0 Å². The van der Waals surface area contributed by atoms with E-state index >= 15 is 0 Å². The van der Waals surface area contributed by atoms with Crippen molar-refractivity contribution in [2.75, 3.05) is 56.1 Å². The summed E-state index contributed by atoms with van der Waals surface area (Å²) in [5, 5.41) is 20.3. The number of hydrogen-bond acceptors (Lipinski definition) is 10. The van der Waals surface area contributed by atoms with Crippen molar-refractivity contribution >= 4 is 39.9 Å². The first-order chi connectivity index (χ1) is 22.8. The van der Waals surface area contributed by atoms with E-state index in [4.69, 9.17) is 9.97 Å². The highest BCUT2D eigenvalue weighted by molar-refractivity contribution is 7.16. The number of amides is 2. The minimum atomic E-state index is -0.430. The van der Waals surface area contributed by atoms with Crippen LogP contribution in [-0.4, -0.2) is 97.7 Å². The molecule has 5 aromatic rings. The lowest BCUT2D eigenvalue weighted by Crippen LogP contribution is -2.53. The highest BCUT2D eigenvalue weighted by Gasteiger charge is 2.30. The predicted octanol–water partition coefficient (Wildman–Crippen LogP) is 4.56. The van der Waals surface area contributed by atoms with Crippen molar-refractivity contribution in [2.45, 2.75) is 25.9 Å². The number of imidazole rings is 1. The molecule has 14 heteroatoms. The number of pyridine rings is 1. The lowest BCUT2D eigenvalue weighted by molar-refractivity contribution is 0.144. The number of likely N-dealkylation sites (tertiary alicyclic amines) is 1. The molecular weight excluding hydrogens is 619 g/mol. The number of benzene rings is 1. The molecule has 1 aromatic carbocycles. The molecular formula is C33H33FN10O2S. The van der Waals surface area contributed by atoms with Gasteiger partial charge in [0.25, 0.3) is 0 Å². The highest BCUT2D eigenvalue weighted by Crippen LogP contribution is 2.37. The third-order valence-electron chi connectivity index (χ3n) is 8.68. The van der Waals surface area contributed by atoms with Crippen LogP contribution in [0.2, 0.25) is 0 Å². The molecule has 7 rings (SSSR count). The van der Waals surface area contributed by atoms with Crippen molar-refractivity contribution in [2.24, 2.45) is 0 Å². The molecule has 2 amide bonds. The molecule has 2 saturated heterocycles. The average Bonchev–Trinajstić information content (AvgIpc) is 3.84. The number of aliphatic hydroxyl groups excluding tert-OH is 1. The van der Waals surface area contributed by atoms with Crippen LogP contribution in [0.1, 0.15) is 23.9 Å². The number of rotatable bonds is 6. The van der Waals surface area contributed by atoms with E-state index in [9.17, 15) is 19.6 Å². The summed E-state index contributed by atoms with van der Waals surface area (Å²) < 4.78 is 15.6. The van der Waals surface area contributed by atoms with Crippen LogP contribution in [0.3, 0.4) is 0 Å². The number of carbonyl (C=O) groups is 1. The molecule has 0 unspecified atom stereocenters. The Balaban J connectivity index is 1.11. The van der Waals surface area contributed by atoms with E-state index in [0.717, 1.165) is 28.3 Å². The number of aromatic nitrogens is 5. The number of thiazole rings is 1. The molecule has 2 fully saturated rings. The third-order valence-corrected chi connectivity index (χ3v) is 9.71. The van der Waals surface area contributed by atoms with Gasteiger partial charge in [-0.05, 0) is 49.2 Å². The van der Waals surface area contributed by atoms with E-state index in [-0.39, 0.29) is 11.8 Å². The van der Waals surface area contributed by atoms with Gasteiger partial charge < -0.3 is 24.7 Å². The molecule has 2 aliphatic rings. The van der Waals surface area contributed by atoms with Crippen molar-refractivity contribution in [1.82, 2.24) is 34.1 Å². The maximum absolute atomic E-state index is 13.6. The summed E-state index contributed by atoms with van der Waals surface area (Å²) in [6.45, 7) is 5.45. The molecule has 1 N–H and O–H groups in total. The van der Waals surface area contributed by atoms with Crippen LogP contribution in [0.15, 0.2) is 55.0 Å². The Morgan fingerprint density at radius 2 is 1.74 bits per heavy atom. The van der Waals surface area contributed by atoms with Gasteiger partial charge in [-0.2, -0.15) is 5.26 Å². The van der Waals surface area contributed by atoms with Crippen LogP contribution in [0, 0.1) is 17.1 Å². The number of hydrogen-bond donors (Lipinski definition) is 1. The largest absolute Gasteiger partial charge is 0.391 e. The summed E-state index contributed by atoms with van der Waals surface area (Å²) in [6.07, 6.45) is 6.51. The van der Waals surface area contributed by atoms with E-state index in [1.165, 1.54) is 23.5 Å². The smallest absolute Gasteiger partial charge is 0.320 e. The summed E-state index contributed by atoms with van der Waals surface area (Å²) in [7, 11) is 1.91. The number of nitrogens with zero attached hydrogens (tertiary/aromatic N) is 10. The van der Waals surface area contributed by atoms with E-state index in [0.29, 0.717) is 79.3 Å². The van der Waals surface area contributed by atoms with Crippen LogP contribution in [-0.2, 0) is 6.42 Å². The zero-order chi connectivity index (χ0) is 32.7. The maximum Gasteiger partial charge on any atom is 0.320 e. The zero-order valence-corrected chi connectivity index (χ0v) is 26.9. The minimum absolute atomic E-state index is 0.0164. The fraction of sp³-hybridized carbons (Fsp3) is 0.333. The van der Waals surface area contributed by atoms with Crippen molar-refractivity contribution in [3.8, 4) is 28.5 Å². The maximum atomic E-state index is 13.6. The molecule has 4 aromatic heterocycles. The third kappa shape index (κ3) is 5.84. The summed E-state index contributed by atoms with van der Waals surface area (Å²) >= 11 is 1.28. The van der Waals surface area contributed by atoms with Crippen molar-refractivity contribution in [1.29, 1.82) is 5.26 Å². The molecule has 0 radical (unpaired) electrons. The van der Waals surface area contributed by atoms with Crippen LogP contribution in [0.4, 0.5) is 26.1 Å². The molecule has 47 heavy (non-hydrogen) atoms. The van der Waals surface area contributed by atoms with Gasteiger partial charge in [-0.15, -0.1) is 0 Å². The summed E-state index contributed by atoms with van der Waals surface area (Å²) in [6, 6.07) is 12.2. The molecule has 1 atom stereocenters. The van der Waals surface area contributed by atoms with Crippen LogP contribution >= 0.6 is 11.3 Å². The van der Waals surface area contributed by atoms with E-state index < -0.39 is 6.10 Å². The zero-order valence-electron chi connectivity index (χ0n) is 26.0. The quantitative estimate of drug-likeness (QED) is 0.281. The molecule has 0 aliphatic carbocycles. The number of anilines is 3. The number of halogens is 1. The number of urea groups is 1. The topological polar surface area (TPSA) is 130 Å². The number of carbonyl (C=O) groups excluding carboxylic acids is 1. The Bertz CT molecular complexity index is 1960. The molecule has 0 saturated carbocycles. The molecule has 0 bridgehead atoms. The number of fused-ring (bicyclic) bond motifs is 1. The summed E-state index contributed by atoms with van der Waals surface area (Å²) in [5.41, 5.74) is 4.60. The summed E-state index contributed by atoms with van der Waals surface area (Å²) in [4.78, 5) is 39.8. The normalized spacial score (nSPS) is 16.6. The lowest BCUT2D eigenvalue weighted by atomic mass is 10.1. The molecule has 12 nitrogen and oxygen atoms in total. The SMILES string of the molecule is CCc1nc2ccc(-c3cnc(N4CCN(C(=O)N5CC[C@@H](O)C5)CC4)nc3)cn2c1N(C)c1nc(-c2ccc(F)cc2)c(C#N)s1. The fourth-order valence-electron chi connectivity index (χ4n) is 6.11. The Morgan fingerprint density at radius 3 is 2.40 bits per heavy atom. The predicted molar refractivity (Wildman–Crippen MR) is 177 cm³/mol. The Labute approximate surface area is 275 Å². The fourth-order valence-corrected chi connectivity index (χ4v) is 6.96. The van der Waals surface area contributed by atoms with Gasteiger partial charge in [-0.25, -0.2) is 29.1 Å². The number of β-amino-alcohol motifs (C(OH)–C–C–N with tert-alkyl or cyclic N) is 1. The van der Waals surface area contributed by atoms with Gasteiger partial charge in [-0.3, -0.25) is 4.40 Å². The first kappa shape index (κ1) is 30.5. The Morgan fingerprint density at radius 1 is 1.02 bits per heavy atom. The van der Waals surface area contributed by atoms with Crippen molar-refractivity contribution < 1.29 is 14.3 Å². The van der Waals surface area contributed by atoms with Crippen LogP contribution in [0.5, 0.6) is 0 Å². The van der Waals surface area contributed by atoms with Gasteiger partial charge in [0.05, 0.1) is 11.8 Å². The number of piperazine rings is 1. The van der Waals surface area contributed by atoms with E-state index in [1.807, 2.05) is 58.9 Å². The first-order valence-corrected chi connectivity index (χ1v) is 16.4. The van der Waals surface area contributed by atoms with Gasteiger partial charge >= 0.3 is 6.03 Å². The molecule has 2 aliphatic heterocycles. The Kier molecular flexibility index (Phi) is 8.17. The first-order valence-electron chi connectivity index (χ1n) is 15.5. The molecule has 0 spiro atoms. The van der Waals surface area contributed by atoms with Gasteiger partial charge in [0.2, 0.25) is 5.95 Å². The Hall–Kier alpha value is -5.13. The van der Waals surface area contributed by atoms with Crippen molar-refractivity contribution in [3.63, 3.8) is 0 Å². The lowest BCUT2D eigenvalue weighted by Gasteiger charge is -2.36. The highest BCUT2D eigenvalue weighted by atomic mass is 32.1. The van der Waals surface area contributed by atoms with Gasteiger partial charge in [0, 0.05) is 81.6 Å². The van der Waals surface area contributed by atoms with E-state index in [2.05, 4.69) is 20.9 Å². The molecule has 240 valence electrons. The molecule has 6 heterocycles. The second-order valence-electron chi connectivity index (χ2n) is 11.7.